The highest BCUT2D eigenvalue weighted by molar-refractivity contribution is 5.92. The molecule has 68 valence electrons. The van der Waals surface area contributed by atoms with E-state index in [2.05, 4.69) is 4.99 Å². The molecule has 0 unspecified atom stereocenters. The van der Waals surface area contributed by atoms with Crippen molar-refractivity contribution in [2.75, 3.05) is 23.9 Å². The Morgan fingerprint density at radius 3 is 3.15 bits per heavy atom. The second-order valence-corrected chi connectivity index (χ2v) is 2.94. The minimum absolute atomic E-state index is 0.484. The van der Waals surface area contributed by atoms with Crippen molar-refractivity contribution < 1.29 is 5.21 Å². The summed E-state index contributed by atoms with van der Waals surface area (Å²) in [4.78, 5) is 4.12. The maximum atomic E-state index is 9.60. The zero-order valence-corrected chi connectivity index (χ0v) is 7.14. The number of rotatable bonds is 0. The third kappa shape index (κ3) is 1.36. The Bertz CT molecular complexity index is 349. The molecule has 3 N–H and O–H groups in total. The highest BCUT2D eigenvalue weighted by Crippen LogP contribution is 2.26. The lowest BCUT2D eigenvalue weighted by atomic mass is 10.1. The van der Waals surface area contributed by atoms with Crippen molar-refractivity contribution in [1.82, 2.24) is 0 Å². The lowest BCUT2D eigenvalue weighted by Gasteiger charge is -2.17. The zero-order chi connectivity index (χ0) is 9.26. The summed E-state index contributed by atoms with van der Waals surface area (Å²) in [5, 5.41) is 10.7. The van der Waals surface area contributed by atoms with Crippen molar-refractivity contribution in [2.45, 2.75) is 0 Å². The molecule has 0 aliphatic carbocycles. The SMILES string of the molecule is Nc1cccc2c1N(O)CCN=C2. The van der Waals surface area contributed by atoms with Crippen molar-refractivity contribution in [3.8, 4) is 0 Å². The van der Waals surface area contributed by atoms with Crippen LogP contribution in [0.1, 0.15) is 5.56 Å². The Kier molecular flexibility index (Phi) is 1.90. The second kappa shape index (κ2) is 3.06. The van der Waals surface area contributed by atoms with Gasteiger partial charge < -0.3 is 5.73 Å². The molecule has 0 radical (unpaired) electrons. The molecule has 0 fully saturated rings. The first-order valence-electron chi connectivity index (χ1n) is 4.14. The predicted molar refractivity (Wildman–Crippen MR) is 52.4 cm³/mol. The Labute approximate surface area is 76.3 Å². The Morgan fingerprint density at radius 2 is 2.31 bits per heavy atom. The van der Waals surface area contributed by atoms with Crippen LogP contribution >= 0.6 is 0 Å². The van der Waals surface area contributed by atoms with Gasteiger partial charge in [-0.05, 0) is 6.07 Å². The summed E-state index contributed by atoms with van der Waals surface area (Å²) in [6.07, 6.45) is 1.74. The molecule has 1 aromatic rings. The van der Waals surface area contributed by atoms with E-state index >= 15 is 0 Å². The molecule has 1 aromatic carbocycles. The first kappa shape index (κ1) is 8.07. The number of aliphatic imine (C=N–C) groups is 1. The molecule has 2 rings (SSSR count). The van der Waals surface area contributed by atoms with Gasteiger partial charge in [-0.2, -0.15) is 0 Å². The molecule has 1 heterocycles. The van der Waals surface area contributed by atoms with Crippen LogP contribution in [0, 0.1) is 0 Å². The summed E-state index contributed by atoms with van der Waals surface area (Å²) in [5.41, 5.74) is 7.83. The lowest BCUT2D eigenvalue weighted by Crippen LogP contribution is -2.22. The largest absolute Gasteiger partial charge is 0.397 e. The van der Waals surface area contributed by atoms with Gasteiger partial charge in [0, 0.05) is 11.8 Å². The van der Waals surface area contributed by atoms with Crippen molar-refractivity contribution >= 4 is 17.6 Å². The second-order valence-electron chi connectivity index (χ2n) is 2.94. The number of benzene rings is 1. The van der Waals surface area contributed by atoms with Crippen LogP contribution in [0.15, 0.2) is 23.2 Å². The van der Waals surface area contributed by atoms with Gasteiger partial charge in [-0.15, -0.1) is 0 Å². The summed E-state index contributed by atoms with van der Waals surface area (Å²) in [7, 11) is 0. The number of nitrogen functional groups attached to an aromatic ring is 1. The molecule has 4 nitrogen and oxygen atoms in total. The highest BCUT2D eigenvalue weighted by atomic mass is 16.5. The van der Waals surface area contributed by atoms with Gasteiger partial charge in [0.2, 0.25) is 0 Å². The van der Waals surface area contributed by atoms with Gasteiger partial charge in [0.05, 0.1) is 24.5 Å². The monoisotopic (exact) mass is 177 g/mol. The molecule has 0 saturated heterocycles. The number of anilines is 2. The third-order valence-electron chi connectivity index (χ3n) is 2.03. The number of hydrogen-bond donors (Lipinski definition) is 2. The molecule has 0 bridgehead atoms. The first-order chi connectivity index (χ1) is 6.29. The summed E-state index contributed by atoms with van der Waals surface area (Å²) in [5.74, 6) is 0. The predicted octanol–water partition coefficient (Wildman–Crippen LogP) is 0.897. The Morgan fingerprint density at radius 1 is 1.46 bits per heavy atom. The fourth-order valence-electron chi connectivity index (χ4n) is 1.41. The minimum atomic E-state index is 0.484. The molecule has 0 spiro atoms. The number of benzodiazepines with no additional fused rings is 1. The lowest BCUT2D eigenvalue weighted by molar-refractivity contribution is 0.258. The maximum absolute atomic E-state index is 9.60. The Hall–Kier alpha value is -1.55. The van der Waals surface area contributed by atoms with E-state index in [1.165, 1.54) is 0 Å². The number of nitrogens with two attached hydrogens (primary N) is 1. The molecule has 0 saturated carbocycles. The van der Waals surface area contributed by atoms with Crippen molar-refractivity contribution in [3.05, 3.63) is 23.8 Å². The minimum Gasteiger partial charge on any atom is -0.397 e. The van der Waals surface area contributed by atoms with E-state index < -0.39 is 0 Å². The summed E-state index contributed by atoms with van der Waals surface area (Å²) in [6, 6.07) is 5.49. The molecule has 13 heavy (non-hydrogen) atoms. The van der Waals surface area contributed by atoms with Crippen LogP contribution in [-0.2, 0) is 0 Å². The van der Waals surface area contributed by atoms with Crippen molar-refractivity contribution in [2.24, 2.45) is 4.99 Å². The van der Waals surface area contributed by atoms with Crippen LogP contribution in [0.3, 0.4) is 0 Å². The molecule has 0 amide bonds. The highest BCUT2D eigenvalue weighted by Gasteiger charge is 2.13. The molecule has 0 atom stereocenters. The Balaban J connectivity index is 2.57. The van der Waals surface area contributed by atoms with Gasteiger partial charge in [-0.1, -0.05) is 12.1 Å². The van der Waals surface area contributed by atoms with Gasteiger partial charge in [0.1, 0.15) is 0 Å². The van der Waals surface area contributed by atoms with E-state index in [0.717, 1.165) is 10.6 Å². The average Bonchev–Trinajstić information content (AvgIpc) is 2.29. The molecule has 4 heteroatoms. The molecular weight excluding hydrogens is 166 g/mol. The normalized spacial score (nSPS) is 15.3. The van der Waals surface area contributed by atoms with Crippen molar-refractivity contribution in [3.63, 3.8) is 0 Å². The van der Waals surface area contributed by atoms with E-state index in [9.17, 15) is 5.21 Å². The maximum Gasteiger partial charge on any atom is 0.0951 e. The van der Waals surface area contributed by atoms with E-state index in [-0.39, 0.29) is 0 Å². The van der Waals surface area contributed by atoms with Crippen LogP contribution in [-0.4, -0.2) is 24.5 Å². The van der Waals surface area contributed by atoms with Crippen LogP contribution < -0.4 is 10.8 Å². The van der Waals surface area contributed by atoms with Gasteiger partial charge in [-0.25, -0.2) is 0 Å². The molecule has 1 aliphatic rings. The topological polar surface area (TPSA) is 61.8 Å². The van der Waals surface area contributed by atoms with Crippen molar-refractivity contribution in [1.29, 1.82) is 0 Å². The summed E-state index contributed by atoms with van der Waals surface area (Å²) in [6.45, 7) is 1.07. The smallest absolute Gasteiger partial charge is 0.0951 e. The number of hydroxylamine groups is 1. The summed E-state index contributed by atoms with van der Waals surface area (Å²) >= 11 is 0. The fourth-order valence-corrected chi connectivity index (χ4v) is 1.41. The summed E-state index contributed by atoms with van der Waals surface area (Å²) < 4.78 is 0. The average molecular weight is 177 g/mol. The number of fused-ring (bicyclic) bond motifs is 1. The van der Waals surface area contributed by atoms with E-state index in [0.29, 0.717) is 24.5 Å². The first-order valence-corrected chi connectivity index (χ1v) is 4.14. The third-order valence-corrected chi connectivity index (χ3v) is 2.03. The number of para-hydroxylation sites is 1. The number of hydrogen-bond acceptors (Lipinski definition) is 4. The van der Waals surface area contributed by atoms with Gasteiger partial charge >= 0.3 is 0 Å². The standard InChI is InChI=1S/C9H11N3O/c10-8-3-1-2-7-6-11-4-5-12(13)9(7)8/h1-3,6,13H,4-5,10H2. The molecule has 0 aromatic heterocycles. The van der Waals surface area contributed by atoms with E-state index in [4.69, 9.17) is 5.73 Å². The van der Waals surface area contributed by atoms with Gasteiger partial charge in [0.15, 0.2) is 0 Å². The quantitative estimate of drug-likeness (QED) is 0.579. The fraction of sp³-hybridized carbons (Fsp3) is 0.222. The van der Waals surface area contributed by atoms with Gasteiger partial charge in [0.25, 0.3) is 0 Å². The zero-order valence-electron chi connectivity index (χ0n) is 7.14. The van der Waals surface area contributed by atoms with Crippen LogP contribution in [0.2, 0.25) is 0 Å². The van der Waals surface area contributed by atoms with Gasteiger partial charge in [-0.3, -0.25) is 15.3 Å². The molecular formula is C9H11N3O. The van der Waals surface area contributed by atoms with E-state index in [1.807, 2.05) is 12.1 Å². The van der Waals surface area contributed by atoms with Crippen LogP contribution in [0.5, 0.6) is 0 Å². The number of nitrogens with zero attached hydrogens (tertiary/aromatic N) is 2. The van der Waals surface area contributed by atoms with Crippen LogP contribution in [0.25, 0.3) is 0 Å². The van der Waals surface area contributed by atoms with E-state index in [1.54, 1.807) is 12.3 Å². The molecule has 1 aliphatic heterocycles. The van der Waals surface area contributed by atoms with Crippen LogP contribution in [0.4, 0.5) is 11.4 Å².